The molecule has 2 rings (SSSR count). The van der Waals surface area contributed by atoms with Crippen molar-refractivity contribution in [2.75, 3.05) is 0 Å². The van der Waals surface area contributed by atoms with Gasteiger partial charge in [-0.3, -0.25) is 0 Å². The fraction of sp³-hybridized carbons (Fsp3) is 1.00. The molecule has 0 aliphatic heterocycles. The first-order valence-corrected chi connectivity index (χ1v) is 6.18. The second kappa shape index (κ2) is 3.18. The van der Waals surface area contributed by atoms with Crippen molar-refractivity contribution in [3.8, 4) is 0 Å². The highest BCUT2D eigenvalue weighted by molar-refractivity contribution is 7.81. The maximum atomic E-state index is 4.86. The summed E-state index contributed by atoms with van der Waals surface area (Å²) in [5, 5.41) is 0. The summed E-state index contributed by atoms with van der Waals surface area (Å²) in [5.41, 5.74) is 0. The van der Waals surface area contributed by atoms with Crippen LogP contribution in [0, 0.1) is 23.7 Å². The quantitative estimate of drug-likeness (QED) is 0.563. The van der Waals surface area contributed by atoms with Crippen molar-refractivity contribution in [2.45, 2.75) is 51.2 Å². The van der Waals surface area contributed by atoms with Crippen LogP contribution in [0.4, 0.5) is 0 Å². The minimum absolute atomic E-state index is 0.329. The van der Waals surface area contributed by atoms with E-state index in [4.69, 9.17) is 12.6 Å². The summed E-state index contributed by atoms with van der Waals surface area (Å²) in [6, 6.07) is 0. The second-order valence-electron chi connectivity index (χ2n) is 5.69. The van der Waals surface area contributed by atoms with Crippen molar-refractivity contribution < 1.29 is 0 Å². The van der Waals surface area contributed by atoms with Gasteiger partial charge in [-0.2, -0.15) is 12.6 Å². The van der Waals surface area contributed by atoms with Crippen LogP contribution in [0.15, 0.2) is 0 Å². The topological polar surface area (TPSA) is 0 Å². The Kier molecular flexibility index (Phi) is 2.42. The molecule has 2 aliphatic carbocycles. The van der Waals surface area contributed by atoms with Crippen LogP contribution in [0.2, 0.25) is 0 Å². The standard InChI is InChI=1S/C12H22S/c1-8-6-9(2)11-7-10(8)4-5-12(11,3)13/h8-11,13H,4-7H2,1-3H3/t8-,9+,10?,11?,12?/m0/s1. The summed E-state index contributed by atoms with van der Waals surface area (Å²) >= 11 is 4.86. The van der Waals surface area contributed by atoms with Gasteiger partial charge >= 0.3 is 0 Å². The largest absolute Gasteiger partial charge is 0.172 e. The molecule has 0 N–H and O–H groups in total. The predicted molar refractivity (Wildman–Crippen MR) is 61.2 cm³/mol. The van der Waals surface area contributed by atoms with Gasteiger partial charge in [-0.1, -0.05) is 20.8 Å². The summed E-state index contributed by atoms with van der Waals surface area (Å²) in [6.45, 7) is 7.22. The first-order chi connectivity index (χ1) is 6.00. The van der Waals surface area contributed by atoms with Crippen molar-refractivity contribution in [3.63, 3.8) is 0 Å². The molecule has 2 fully saturated rings. The Bertz CT molecular complexity index is 197. The zero-order valence-corrected chi connectivity index (χ0v) is 9.98. The molecule has 5 atom stereocenters. The average Bonchev–Trinajstić information content (AvgIpc) is 2.02. The van der Waals surface area contributed by atoms with E-state index < -0.39 is 0 Å². The fourth-order valence-corrected chi connectivity index (χ4v) is 4.16. The fourth-order valence-electron chi connectivity index (χ4n) is 3.67. The molecule has 0 radical (unpaired) electrons. The Morgan fingerprint density at radius 1 is 1.15 bits per heavy atom. The van der Waals surface area contributed by atoms with Crippen molar-refractivity contribution in [2.24, 2.45) is 23.7 Å². The van der Waals surface area contributed by atoms with Crippen molar-refractivity contribution >= 4 is 12.6 Å². The lowest BCUT2D eigenvalue weighted by Crippen LogP contribution is -2.45. The van der Waals surface area contributed by atoms with Crippen molar-refractivity contribution in [3.05, 3.63) is 0 Å². The Morgan fingerprint density at radius 2 is 1.85 bits per heavy atom. The molecule has 0 aromatic rings. The van der Waals surface area contributed by atoms with E-state index in [2.05, 4.69) is 20.8 Å². The summed E-state index contributed by atoms with van der Waals surface area (Å²) < 4.78 is 0.329. The highest BCUT2D eigenvalue weighted by Gasteiger charge is 2.45. The Labute approximate surface area is 87.9 Å². The monoisotopic (exact) mass is 198 g/mol. The molecule has 0 aromatic heterocycles. The third-order valence-corrected chi connectivity index (χ3v) is 5.17. The predicted octanol–water partition coefficient (Wildman–Crippen LogP) is 3.77. The first kappa shape index (κ1) is 9.89. The Balaban J connectivity index is 2.16. The molecule has 0 spiro atoms. The second-order valence-corrected chi connectivity index (χ2v) is 6.71. The molecule has 0 amide bonds. The van der Waals surface area contributed by atoms with Gasteiger partial charge in [0, 0.05) is 4.75 Å². The maximum Gasteiger partial charge on any atom is 0.0132 e. The number of rotatable bonds is 0. The first-order valence-electron chi connectivity index (χ1n) is 5.73. The average molecular weight is 198 g/mol. The Hall–Kier alpha value is 0.350. The van der Waals surface area contributed by atoms with E-state index in [0.717, 1.165) is 23.7 Å². The van der Waals surface area contributed by atoms with Gasteiger partial charge in [0.15, 0.2) is 0 Å². The lowest BCUT2D eigenvalue weighted by atomic mass is 9.59. The molecule has 0 aromatic carbocycles. The van der Waals surface area contributed by atoms with Crippen LogP contribution in [0.3, 0.4) is 0 Å². The zero-order valence-electron chi connectivity index (χ0n) is 9.09. The van der Waals surface area contributed by atoms with Gasteiger partial charge < -0.3 is 0 Å². The number of thiol groups is 1. The van der Waals surface area contributed by atoms with Gasteiger partial charge in [0.05, 0.1) is 0 Å². The molecular formula is C12H22S. The molecule has 0 nitrogen and oxygen atoms in total. The lowest BCUT2D eigenvalue weighted by Gasteiger charge is -2.50. The number of fused-ring (bicyclic) bond motifs is 2. The van der Waals surface area contributed by atoms with Crippen LogP contribution in [-0.4, -0.2) is 4.75 Å². The lowest BCUT2D eigenvalue weighted by molar-refractivity contribution is 0.0592. The molecule has 3 unspecified atom stereocenters. The van der Waals surface area contributed by atoms with Crippen molar-refractivity contribution in [1.29, 1.82) is 0 Å². The van der Waals surface area contributed by atoms with E-state index in [0.29, 0.717) is 4.75 Å². The van der Waals surface area contributed by atoms with Crippen LogP contribution in [0.25, 0.3) is 0 Å². The molecule has 2 aliphatic rings. The van der Waals surface area contributed by atoms with Gasteiger partial charge in [-0.25, -0.2) is 0 Å². The molecule has 76 valence electrons. The SMILES string of the molecule is C[C@@H]1C[C@H](C)C2CCC(C)(S)C1C2. The van der Waals surface area contributed by atoms with Crippen LogP contribution in [-0.2, 0) is 0 Å². The van der Waals surface area contributed by atoms with E-state index in [1.165, 1.54) is 25.7 Å². The highest BCUT2D eigenvalue weighted by Crippen LogP contribution is 2.52. The van der Waals surface area contributed by atoms with Gasteiger partial charge in [0.2, 0.25) is 0 Å². The van der Waals surface area contributed by atoms with Crippen LogP contribution in [0.5, 0.6) is 0 Å². The summed E-state index contributed by atoms with van der Waals surface area (Å²) in [4.78, 5) is 0. The van der Waals surface area contributed by atoms with Gasteiger partial charge in [-0.15, -0.1) is 0 Å². The summed E-state index contributed by atoms with van der Waals surface area (Å²) in [7, 11) is 0. The molecule has 2 bridgehead atoms. The van der Waals surface area contributed by atoms with Crippen molar-refractivity contribution in [1.82, 2.24) is 0 Å². The van der Waals surface area contributed by atoms with Crippen LogP contribution >= 0.6 is 12.6 Å². The molecular weight excluding hydrogens is 176 g/mol. The normalized spacial score (nSPS) is 56.3. The van der Waals surface area contributed by atoms with E-state index in [1.54, 1.807) is 0 Å². The van der Waals surface area contributed by atoms with E-state index in [1.807, 2.05) is 0 Å². The highest BCUT2D eigenvalue weighted by atomic mass is 32.1. The van der Waals surface area contributed by atoms with Gasteiger partial charge in [0.1, 0.15) is 0 Å². The van der Waals surface area contributed by atoms with Gasteiger partial charge in [-0.05, 0) is 49.4 Å². The third kappa shape index (κ3) is 1.65. The zero-order chi connectivity index (χ0) is 9.64. The molecule has 2 saturated carbocycles. The van der Waals surface area contributed by atoms with Crippen LogP contribution in [0.1, 0.15) is 46.5 Å². The van der Waals surface area contributed by atoms with E-state index >= 15 is 0 Å². The van der Waals surface area contributed by atoms with E-state index in [-0.39, 0.29) is 0 Å². The summed E-state index contributed by atoms with van der Waals surface area (Å²) in [6.07, 6.45) is 5.64. The molecule has 1 heteroatoms. The minimum atomic E-state index is 0.329. The maximum absolute atomic E-state index is 4.86. The number of hydrogen-bond acceptors (Lipinski definition) is 1. The molecule has 0 saturated heterocycles. The van der Waals surface area contributed by atoms with Gasteiger partial charge in [0.25, 0.3) is 0 Å². The third-order valence-electron chi connectivity index (χ3n) is 4.61. The number of hydrogen-bond donors (Lipinski definition) is 1. The van der Waals surface area contributed by atoms with Crippen LogP contribution < -0.4 is 0 Å². The summed E-state index contributed by atoms with van der Waals surface area (Å²) in [5.74, 6) is 3.76. The Morgan fingerprint density at radius 3 is 2.54 bits per heavy atom. The minimum Gasteiger partial charge on any atom is -0.172 e. The van der Waals surface area contributed by atoms with E-state index in [9.17, 15) is 0 Å². The smallest absolute Gasteiger partial charge is 0.0132 e. The molecule has 0 heterocycles. The molecule has 13 heavy (non-hydrogen) atoms.